The minimum absolute atomic E-state index is 0.221. The van der Waals surface area contributed by atoms with Crippen molar-refractivity contribution < 1.29 is 18.7 Å². The number of aromatic nitrogens is 1. The molecule has 2 heterocycles. The minimum atomic E-state index is -0.380. The van der Waals surface area contributed by atoms with Gasteiger partial charge in [-0.05, 0) is 31.2 Å². The second-order valence-corrected chi connectivity index (χ2v) is 5.86. The third-order valence-corrected chi connectivity index (χ3v) is 4.25. The van der Waals surface area contributed by atoms with Gasteiger partial charge < -0.3 is 23.8 Å². The van der Waals surface area contributed by atoms with Crippen molar-refractivity contribution in [2.75, 3.05) is 14.2 Å². The predicted octanol–water partition coefficient (Wildman–Crippen LogP) is 2.39. The highest BCUT2D eigenvalue weighted by Crippen LogP contribution is 2.25. The number of rotatable bonds is 5. The highest BCUT2D eigenvalue weighted by Gasteiger charge is 2.21. The normalized spacial score (nSPS) is 10.8. The highest BCUT2D eigenvalue weighted by molar-refractivity contribution is 6.06. The summed E-state index contributed by atoms with van der Waals surface area (Å²) in [6, 6.07) is 7.01. The van der Waals surface area contributed by atoms with Gasteiger partial charge >= 0.3 is 0 Å². The van der Waals surface area contributed by atoms with Gasteiger partial charge in [0.2, 0.25) is 0 Å². The van der Waals surface area contributed by atoms with Gasteiger partial charge in [0.05, 0.1) is 25.2 Å². The maximum atomic E-state index is 12.7. The Kier molecular flexibility index (Phi) is 4.71. The van der Waals surface area contributed by atoms with Crippen molar-refractivity contribution in [3.63, 3.8) is 0 Å². The fraction of sp³-hybridized carbons (Fsp3) is 0.263. The molecule has 26 heavy (non-hydrogen) atoms. The van der Waals surface area contributed by atoms with Gasteiger partial charge in [-0.1, -0.05) is 0 Å². The first kappa shape index (κ1) is 17.6. The summed E-state index contributed by atoms with van der Waals surface area (Å²) >= 11 is 0. The van der Waals surface area contributed by atoms with Gasteiger partial charge in [0, 0.05) is 25.4 Å². The molecule has 0 saturated carbocycles. The van der Waals surface area contributed by atoms with Crippen molar-refractivity contribution >= 4 is 16.9 Å². The van der Waals surface area contributed by atoms with Crippen LogP contribution in [-0.4, -0.2) is 24.7 Å². The van der Waals surface area contributed by atoms with E-state index in [2.05, 4.69) is 5.32 Å². The van der Waals surface area contributed by atoms with Crippen molar-refractivity contribution in [3.8, 4) is 11.5 Å². The Hall–Kier alpha value is -3.22. The first-order chi connectivity index (χ1) is 12.5. The van der Waals surface area contributed by atoms with Crippen molar-refractivity contribution in [1.29, 1.82) is 0 Å². The Balaban J connectivity index is 1.93. The Morgan fingerprint density at radius 2 is 2.00 bits per heavy atom. The lowest BCUT2D eigenvalue weighted by Gasteiger charge is -2.11. The third kappa shape index (κ3) is 3.03. The molecule has 2 aromatic heterocycles. The molecule has 0 aliphatic carbocycles. The van der Waals surface area contributed by atoms with Crippen LogP contribution in [0.4, 0.5) is 0 Å². The van der Waals surface area contributed by atoms with E-state index in [1.165, 1.54) is 4.57 Å². The maximum Gasteiger partial charge on any atom is 0.262 e. The molecule has 0 unspecified atom stereocenters. The maximum absolute atomic E-state index is 12.7. The summed E-state index contributed by atoms with van der Waals surface area (Å²) in [7, 11) is 4.76. The monoisotopic (exact) mass is 356 g/mol. The van der Waals surface area contributed by atoms with E-state index < -0.39 is 0 Å². The van der Waals surface area contributed by atoms with E-state index in [4.69, 9.17) is 13.9 Å². The zero-order chi connectivity index (χ0) is 18.8. The van der Waals surface area contributed by atoms with Gasteiger partial charge in [-0.2, -0.15) is 0 Å². The van der Waals surface area contributed by atoms with Crippen molar-refractivity contribution in [2.45, 2.75) is 13.5 Å². The van der Waals surface area contributed by atoms with E-state index in [1.807, 2.05) is 0 Å². The number of nitrogens with zero attached hydrogens (tertiary/aromatic N) is 1. The summed E-state index contributed by atoms with van der Waals surface area (Å²) in [6.07, 6.45) is 1.61. The van der Waals surface area contributed by atoms with Crippen LogP contribution in [0.1, 0.15) is 21.7 Å². The summed E-state index contributed by atoms with van der Waals surface area (Å²) in [5, 5.41) is 3.10. The number of hydrogen-bond acceptors (Lipinski definition) is 5. The van der Waals surface area contributed by atoms with Gasteiger partial charge in [0.25, 0.3) is 11.5 Å². The second-order valence-electron chi connectivity index (χ2n) is 5.86. The molecule has 0 fully saturated rings. The molecule has 3 aromatic rings. The molecule has 0 atom stereocenters. The van der Waals surface area contributed by atoms with E-state index in [0.717, 1.165) is 5.56 Å². The van der Waals surface area contributed by atoms with Gasteiger partial charge in [-0.15, -0.1) is 0 Å². The lowest BCUT2D eigenvalue weighted by molar-refractivity contribution is 0.0950. The van der Waals surface area contributed by atoms with E-state index in [1.54, 1.807) is 58.7 Å². The number of carbonyl (C=O) groups is 1. The predicted molar refractivity (Wildman–Crippen MR) is 96.9 cm³/mol. The molecule has 0 radical (unpaired) electrons. The molecule has 0 aliphatic rings. The van der Waals surface area contributed by atoms with E-state index >= 15 is 0 Å². The standard InChI is InChI=1S/C19H20N2O5/c1-11-16(17-15(26-11)7-8-21(2)19(17)23)18(22)20-10-12-9-13(24-3)5-6-14(12)25-4/h5-9H,10H2,1-4H3,(H,20,22). The average molecular weight is 356 g/mol. The number of furan rings is 1. The minimum Gasteiger partial charge on any atom is -0.497 e. The number of nitrogens with one attached hydrogen (secondary N) is 1. The summed E-state index contributed by atoms with van der Waals surface area (Å²) in [4.78, 5) is 25.2. The smallest absolute Gasteiger partial charge is 0.262 e. The molecule has 1 amide bonds. The number of fused-ring (bicyclic) bond motifs is 1. The van der Waals surface area contributed by atoms with E-state index in [-0.39, 0.29) is 29.0 Å². The first-order valence-corrected chi connectivity index (χ1v) is 8.04. The van der Waals surface area contributed by atoms with Gasteiger partial charge in [-0.25, -0.2) is 0 Å². The van der Waals surface area contributed by atoms with Crippen LogP contribution in [0.25, 0.3) is 11.0 Å². The molecule has 0 spiro atoms. The molecule has 0 aliphatic heterocycles. The first-order valence-electron chi connectivity index (χ1n) is 8.04. The number of benzene rings is 1. The number of amides is 1. The third-order valence-electron chi connectivity index (χ3n) is 4.25. The van der Waals surface area contributed by atoms with Gasteiger partial charge in [-0.3, -0.25) is 9.59 Å². The fourth-order valence-corrected chi connectivity index (χ4v) is 2.88. The van der Waals surface area contributed by atoms with Crippen LogP contribution < -0.4 is 20.3 Å². The number of methoxy groups -OCH3 is 2. The molecule has 7 heteroatoms. The largest absolute Gasteiger partial charge is 0.497 e. The number of hydrogen-bond donors (Lipinski definition) is 1. The second kappa shape index (κ2) is 6.95. The Morgan fingerprint density at radius 1 is 1.23 bits per heavy atom. The molecular weight excluding hydrogens is 336 g/mol. The van der Waals surface area contributed by atoms with Crippen molar-refractivity contribution in [3.05, 3.63) is 57.7 Å². The van der Waals surface area contributed by atoms with Crippen LogP contribution in [0.3, 0.4) is 0 Å². The molecule has 3 rings (SSSR count). The van der Waals surface area contributed by atoms with E-state index in [9.17, 15) is 9.59 Å². The van der Waals surface area contributed by atoms with Crippen molar-refractivity contribution in [2.24, 2.45) is 7.05 Å². The Labute approximate surface area is 150 Å². The van der Waals surface area contributed by atoms with Crippen LogP contribution in [0.5, 0.6) is 11.5 Å². The van der Waals surface area contributed by atoms with Crippen LogP contribution in [-0.2, 0) is 13.6 Å². The van der Waals surface area contributed by atoms with Crippen LogP contribution >= 0.6 is 0 Å². The average Bonchev–Trinajstić information content (AvgIpc) is 2.99. The quantitative estimate of drug-likeness (QED) is 0.759. The molecule has 1 N–H and O–H groups in total. The van der Waals surface area contributed by atoms with E-state index in [0.29, 0.717) is 22.8 Å². The molecule has 136 valence electrons. The number of ether oxygens (including phenoxy) is 2. The molecule has 0 saturated heterocycles. The molecule has 7 nitrogen and oxygen atoms in total. The number of pyridine rings is 1. The number of carbonyl (C=O) groups excluding carboxylic acids is 1. The van der Waals surface area contributed by atoms with Gasteiger partial charge in [0.15, 0.2) is 0 Å². The Morgan fingerprint density at radius 3 is 2.69 bits per heavy atom. The number of aryl methyl sites for hydroxylation is 2. The van der Waals surface area contributed by atoms with Crippen LogP contribution in [0.15, 0.2) is 39.7 Å². The topological polar surface area (TPSA) is 82.7 Å². The lowest BCUT2D eigenvalue weighted by Crippen LogP contribution is -2.25. The van der Waals surface area contributed by atoms with Crippen LogP contribution in [0.2, 0.25) is 0 Å². The summed E-state index contributed by atoms with van der Waals surface area (Å²) in [5.74, 6) is 1.32. The molecule has 0 bridgehead atoms. The summed E-state index contributed by atoms with van der Waals surface area (Å²) < 4.78 is 17.5. The highest BCUT2D eigenvalue weighted by atomic mass is 16.5. The van der Waals surface area contributed by atoms with Crippen LogP contribution in [0, 0.1) is 6.92 Å². The lowest BCUT2D eigenvalue weighted by atomic mass is 10.1. The summed E-state index contributed by atoms with van der Waals surface area (Å²) in [6.45, 7) is 1.89. The van der Waals surface area contributed by atoms with Crippen molar-refractivity contribution in [1.82, 2.24) is 9.88 Å². The van der Waals surface area contributed by atoms with Gasteiger partial charge in [0.1, 0.15) is 22.8 Å². The molecule has 1 aromatic carbocycles. The molecular formula is C19H20N2O5. The zero-order valence-corrected chi connectivity index (χ0v) is 15.1. The zero-order valence-electron chi connectivity index (χ0n) is 15.1. The summed E-state index contributed by atoms with van der Waals surface area (Å²) in [5.41, 5.74) is 1.14. The Bertz CT molecular complexity index is 1030. The SMILES string of the molecule is COc1ccc(OC)c(CNC(=O)c2c(C)oc3ccn(C)c(=O)c23)c1. The fourth-order valence-electron chi connectivity index (χ4n) is 2.88.